The Hall–Kier alpha value is -4.71. The van der Waals surface area contributed by atoms with Gasteiger partial charge in [0.05, 0.1) is 11.9 Å². The van der Waals surface area contributed by atoms with Crippen LogP contribution >= 0.6 is 11.6 Å². The first-order valence-electron chi connectivity index (χ1n) is 11.7. The van der Waals surface area contributed by atoms with E-state index in [2.05, 4.69) is 30.9 Å². The summed E-state index contributed by atoms with van der Waals surface area (Å²) < 4.78 is 18.7. The van der Waals surface area contributed by atoms with Gasteiger partial charge in [0.2, 0.25) is 17.5 Å². The first-order chi connectivity index (χ1) is 18.4. The quantitative estimate of drug-likeness (QED) is 0.208. The fraction of sp³-hybridized carbons (Fsp3) is 0.160. The van der Waals surface area contributed by atoms with Gasteiger partial charge in [0, 0.05) is 46.0 Å². The molecule has 5 aromatic rings. The molecule has 0 fully saturated rings. The van der Waals surface area contributed by atoms with Crippen molar-refractivity contribution in [1.82, 2.24) is 35.0 Å². The third kappa shape index (κ3) is 4.24. The van der Waals surface area contributed by atoms with Crippen LogP contribution in [0.15, 0.2) is 61.3 Å². The summed E-state index contributed by atoms with van der Waals surface area (Å²) in [6, 6.07) is 10.0. The molecule has 1 aliphatic carbocycles. The summed E-state index contributed by atoms with van der Waals surface area (Å²) in [5.41, 5.74) is 4.30. The number of aromatic nitrogens is 8. The van der Waals surface area contributed by atoms with E-state index in [-0.39, 0.29) is 23.3 Å². The Labute approximate surface area is 220 Å². The third-order valence-electron chi connectivity index (χ3n) is 6.41. The maximum Gasteiger partial charge on any atom is 0.222 e. The Balaban J connectivity index is 1.33. The van der Waals surface area contributed by atoms with Gasteiger partial charge in [-0.3, -0.25) is 9.48 Å². The number of pyridine rings is 2. The van der Waals surface area contributed by atoms with Crippen LogP contribution in [0.25, 0.3) is 27.9 Å². The number of hydrogen-bond acceptors (Lipinski definition) is 7. The molecule has 13 heteroatoms. The van der Waals surface area contributed by atoms with E-state index >= 15 is 0 Å². The molecule has 0 radical (unpaired) electrons. The number of nitrogens with one attached hydrogen (secondary N) is 1. The Morgan fingerprint density at radius 1 is 1.21 bits per heavy atom. The third-order valence-corrected chi connectivity index (χ3v) is 6.64. The number of benzene rings is 1. The van der Waals surface area contributed by atoms with Gasteiger partial charge >= 0.3 is 0 Å². The highest BCUT2D eigenvalue weighted by Crippen LogP contribution is 2.36. The van der Waals surface area contributed by atoms with Gasteiger partial charge in [-0.15, -0.1) is 5.10 Å². The van der Waals surface area contributed by atoms with Gasteiger partial charge in [-0.25, -0.2) is 4.98 Å². The summed E-state index contributed by atoms with van der Waals surface area (Å²) in [4.78, 5) is 15.0. The van der Waals surface area contributed by atoms with Crippen molar-refractivity contribution >= 4 is 23.3 Å². The molecule has 1 N–H and O–H groups in total. The largest absolute Gasteiger partial charge is 0.618 e. The van der Waals surface area contributed by atoms with E-state index in [1.54, 1.807) is 29.1 Å². The van der Waals surface area contributed by atoms with E-state index in [9.17, 15) is 14.4 Å². The van der Waals surface area contributed by atoms with Crippen molar-refractivity contribution in [1.29, 1.82) is 0 Å². The van der Waals surface area contributed by atoms with Crippen molar-refractivity contribution in [3.8, 4) is 27.9 Å². The van der Waals surface area contributed by atoms with Crippen molar-refractivity contribution in [3.05, 3.63) is 88.8 Å². The van der Waals surface area contributed by atoms with Crippen LogP contribution in [0.1, 0.15) is 30.6 Å². The van der Waals surface area contributed by atoms with Crippen molar-refractivity contribution in [3.63, 3.8) is 0 Å². The zero-order valence-electron chi connectivity index (χ0n) is 19.9. The van der Waals surface area contributed by atoms with Crippen molar-refractivity contribution < 1.29 is 13.9 Å². The summed E-state index contributed by atoms with van der Waals surface area (Å²) in [5, 5.41) is 32.1. The van der Waals surface area contributed by atoms with Crippen molar-refractivity contribution in [2.75, 3.05) is 5.32 Å². The first-order valence-corrected chi connectivity index (χ1v) is 12.0. The van der Waals surface area contributed by atoms with Gasteiger partial charge in [0.1, 0.15) is 18.2 Å². The van der Waals surface area contributed by atoms with E-state index in [0.717, 1.165) is 10.3 Å². The average molecular weight is 532 g/mol. The van der Waals surface area contributed by atoms with Crippen LogP contribution in [-0.2, 0) is 11.2 Å². The standard InChI is InChI=1S/C25H19ClFN9O2/c1-14(37)30-23-7-4-19(25(27)31-23)17-10-29-34(11-17)22-5-2-15-8-16(12-36(38)24(15)22)20-9-18(26)3-6-21(20)35-13-28-32-33-35/h3-4,6-13,22H,2,5H2,1H3,(H,30,31,37). The molecular formula is C25H19ClFN9O2. The van der Waals surface area contributed by atoms with Gasteiger partial charge in [0.25, 0.3) is 0 Å². The number of amides is 1. The molecule has 0 saturated carbocycles. The number of nitrogens with zero attached hydrogens (tertiary/aromatic N) is 8. The molecule has 11 nitrogen and oxygen atoms in total. The summed E-state index contributed by atoms with van der Waals surface area (Å²) in [6.07, 6.45) is 7.52. The van der Waals surface area contributed by atoms with Crippen LogP contribution in [0, 0.1) is 11.2 Å². The number of carbonyl (C=O) groups is 1. The maximum absolute atomic E-state index is 14.7. The number of aryl methyl sites for hydroxylation is 1. The van der Waals surface area contributed by atoms with E-state index < -0.39 is 5.95 Å². The number of rotatable bonds is 5. The minimum Gasteiger partial charge on any atom is -0.618 e. The van der Waals surface area contributed by atoms with Gasteiger partial charge < -0.3 is 10.5 Å². The Morgan fingerprint density at radius 2 is 2.08 bits per heavy atom. The zero-order valence-corrected chi connectivity index (χ0v) is 20.7. The van der Waals surface area contributed by atoms with Gasteiger partial charge in [-0.1, -0.05) is 11.6 Å². The van der Waals surface area contributed by atoms with Crippen molar-refractivity contribution in [2.24, 2.45) is 0 Å². The maximum atomic E-state index is 14.7. The Bertz CT molecular complexity index is 1690. The van der Waals surface area contributed by atoms with Crippen LogP contribution in [0.2, 0.25) is 5.02 Å². The number of anilines is 1. The highest BCUT2D eigenvalue weighted by molar-refractivity contribution is 6.31. The number of hydrogen-bond donors (Lipinski definition) is 1. The van der Waals surface area contributed by atoms with Crippen LogP contribution in [0.3, 0.4) is 0 Å². The molecule has 4 heterocycles. The minimum absolute atomic E-state index is 0.127. The monoisotopic (exact) mass is 531 g/mol. The molecule has 1 aromatic carbocycles. The number of fused-ring (bicyclic) bond motifs is 1. The smallest absolute Gasteiger partial charge is 0.222 e. The Morgan fingerprint density at radius 3 is 2.84 bits per heavy atom. The predicted molar refractivity (Wildman–Crippen MR) is 135 cm³/mol. The zero-order chi connectivity index (χ0) is 26.4. The molecule has 1 atom stereocenters. The Kier molecular flexibility index (Phi) is 5.80. The summed E-state index contributed by atoms with van der Waals surface area (Å²) in [6.45, 7) is 1.32. The lowest BCUT2D eigenvalue weighted by atomic mass is 10.0. The van der Waals surface area contributed by atoms with E-state index in [4.69, 9.17) is 11.6 Å². The molecular weight excluding hydrogens is 513 g/mol. The van der Waals surface area contributed by atoms with E-state index in [1.807, 2.05) is 6.07 Å². The van der Waals surface area contributed by atoms with Crippen molar-refractivity contribution in [2.45, 2.75) is 25.8 Å². The molecule has 0 bridgehead atoms. The van der Waals surface area contributed by atoms with Crippen LogP contribution in [0.5, 0.6) is 0 Å². The summed E-state index contributed by atoms with van der Waals surface area (Å²) >= 11 is 6.28. The molecule has 1 aliphatic rings. The fourth-order valence-electron chi connectivity index (χ4n) is 4.79. The van der Waals surface area contributed by atoms with Crippen LogP contribution in [-0.4, -0.2) is 40.9 Å². The molecule has 1 amide bonds. The van der Waals surface area contributed by atoms with Gasteiger partial charge in [0.15, 0.2) is 6.20 Å². The molecule has 0 aliphatic heterocycles. The molecule has 0 spiro atoms. The lowest BCUT2D eigenvalue weighted by molar-refractivity contribution is -0.615. The number of tetrazole rings is 1. The summed E-state index contributed by atoms with van der Waals surface area (Å²) in [7, 11) is 0. The molecule has 1 unspecified atom stereocenters. The molecule has 0 saturated heterocycles. The SMILES string of the molecule is CC(=O)Nc1ccc(-c2cnn(C3CCc4cc(-c5cc(Cl)ccc5-n5cnnn5)c[n+]([O-])c43)c2)c(F)n1. The van der Waals surface area contributed by atoms with Gasteiger partial charge in [-0.2, -0.15) is 18.9 Å². The average Bonchev–Trinajstić information content (AvgIpc) is 3.64. The molecule has 190 valence electrons. The highest BCUT2D eigenvalue weighted by Gasteiger charge is 2.34. The summed E-state index contributed by atoms with van der Waals surface area (Å²) in [5.74, 6) is -0.943. The first kappa shape index (κ1) is 23.7. The second kappa shape index (κ2) is 9.30. The molecule has 4 aromatic heterocycles. The van der Waals surface area contributed by atoms with E-state index in [0.29, 0.717) is 45.9 Å². The topological polar surface area (TPSA) is 130 Å². The number of carbonyl (C=O) groups excluding carboxylic acids is 1. The lowest BCUT2D eigenvalue weighted by Gasteiger charge is -2.14. The minimum atomic E-state index is -0.730. The molecule has 6 rings (SSSR count). The highest BCUT2D eigenvalue weighted by atomic mass is 35.5. The second-order valence-corrected chi connectivity index (χ2v) is 9.30. The van der Waals surface area contributed by atoms with Crippen LogP contribution in [0.4, 0.5) is 10.2 Å². The second-order valence-electron chi connectivity index (χ2n) is 8.86. The predicted octanol–water partition coefficient (Wildman–Crippen LogP) is 3.51. The van der Waals surface area contributed by atoms with Crippen LogP contribution < -0.4 is 10.0 Å². The normalized spacial score (nSPS) is 14.4. The number of halogens is 2. The fourth-order valence-corrected chi connectivity index (χ4v) is 4.96. The van der Waals surface area contributed by atoms with Gasteiger partial charge in [-0.05, 0) is 59.7 Å². The molecule has 38 heavy (non-hydrogen) atoms. The van der Waals surface area contributed by atoms with E-state index in [1.165, 1.54) is 42.5 Å². The lowest BCUT2D eigenvalue weighted by Crippen LogP contribution is -2.34.